The molecule has 0 saturated carbocycles. The van der Waals surface area contributed by atoms with Crippen molar-refractivity contribution >= 4 is 183 Å². The number of nitriles is 7. The van der Waals surface area contributed by atoms with Crippen LogP contribution in [0.2, 0.25) is 39.2 Å². The van der Waals surface area contributed by atoms with Crippen molar-refractivity contribution in [3.05, 3.63) is 31.8 Å². The minimum Gasteiger partial charge on any atom is -0.428 e. The largest absolute Gasteiger partial charge is 0.475 e. The summed E-state index contributed by atoms with van der Waals surface area (Å²) >= 11 is 24.9. The topological polar surface area (TPSA) is 747 Å². The first-order valence-electron chi connectivity index (χ1n) is 37.4. The van der Waals surface area contributed by atoms with Gasteiger partial charge in [0.1, 0.15) is 45.7 Å². The summed E-state index contributed by atoms with van der Waals surface area (Å²) in [6, 6.07) is 1.96. The van der Waals surface area contributed by atoms with E-state index >= 15 is 0 Å². The van der Waals surface area contributed by atoms with E-state index in [0.717, 1.165) is 51.2 Å². The molecular formula is C77H97Cl3N23O27PS3Si. The van der Waals surface area contributed by atoms with Gasteiger partial charge in [-0.3, -0.25) is 13.6 Å². The Balaban J connectivity index is -0.000000198. The van der Waals surface area contributed by atoms with Crippen LogP contribution in [-0.2, 0) is 147 Å². The number of aliphatic imine (C=N–C) groups is 16. The van der Waals surface area contributed by atoms with E-state index in [1.54, 1.807) is 47.8 Å². The van der Waals surface area contributed by atoms with Crippen molar-refractivity contribution in [1.82, 2.24) is 0 Å². The number of isocyanates is 16. The summed E-state index contributed by atoms with van der Waals surface area (Å²) in [7, 11) is -5.95. The molecule has 0 radical (unpaired) electrons. The van der Waals surface area contributed by atoms with Gasteiger partial charge in [-0.2, -0.15) is 77.1 Å². The van der Waals surface area contributed by atoms with Crippen LogP contribution in [0.4, 0.5) is 0 Å². The average molecular weight is 2040 g/mol. The maximum atomic E-state index is 12.0. The van der Waals surface area contributed by atoms with Crippen molar-refractivity contribution < 1.29 is 128 Å². The molecular weight excluding hydrogens is 1940 g/mol. The quantitative estimate of drug-likeness (QED) is 0.0147. The lowest BCUT2D eigenvalue weighted by atomic mass is 9.90. The zero-order valence-electron chi connectivity index (χ0n) is 70.3. The molecule has 0 aromatic heterocycles. The number of thioether (sulfide) groups is 3. The number of rotatable bonds is 70. The zero-order chi connectivity index (χ0) is 99.5. The number of phosphoric ester groups is 1. The van der Waals surface area contributed by atoms with Crippen LogP contribution >= 0.6 is 77.9 Å². The number of phosphoric acid groups is 1. The summed E-state index contributed by atoms with van der Waals surface area (Å²) in [6.45, 7) is 2.35. The van der Waals surface area contributed by atoms with Crippen LogP contribution in [0.15, 0.2) is 79.9 Å². The van der Waals surface area contributed by atoms with E-state index < -0.39 is 27.4 Å². The second kappa shape index (κ2) is 111. The molecule has 0 spiro atoms. The summed E-state index contributed by atoms with van der Waals surface area (Å²) in [5, 5.41) is 59.0. The van der Waals surface area contributed by atoms with Crippen molar-refractivity contribution in [3.63, 3.8) is 0 Å². The first kappa shape index (κ1) is 139. The van der Waals surface area contributed by atoms with E-state index in [4.69, 9.17) is 89.9 Å². The van der Waals surface area contributed by atoms with Gasteiger partial charge >= 0.3 is 7.82 Å². The Kier molecular flexibility index (Phi) is 115. The van der Waals surface area contributed by atoms with E-state index in [2.05, 4.69) is 108 Å². The first-order valence-corrected chi connectivity index (χ1v) is 46.3. The lowest BCUT2D eigenvalue weighted by Gasteiger charge is -2.29. The van der Waals surface area contributed by atoms with Crippen molar-refractivity contribution in [2.45, 2.75) is 91.0 Å². The highest BCUT2D eigenvalue weighted by Gasteiger charge is 2.34. The van der Waals surface area contributed by atoms with Crippen LogP contribution in [0, 0.1) is 97.9 Å². The van der Waals surface area contributed by atoms with Crippen LogP contribution in [-0.4, -0.2) is 310 Å². The van der Waals surface area contributed by atoms with Gasteiger partial charge in [0, 0.05) is 57.9 Å². The molecule has 0 amide bonds. The molecule has 1 atom stereocenters. The highest BCUT2D eigenvalue weighted by molar-refractivity contribution is 8.01. The second-order valence-electron chi connectivity index (χ2n) is 23.7. The Morgan fingerprint density at radius 3 is 0.985 bits per heavy atom. The van der Waals surface area contributed by atoms with Gasteiger partial charge in [0.15, 0.2) is 0 Å². The van der Waals surface area contributed by atoms with Gasteiger partial charge in [-0.25, -0.2) is 156 Å². The number of ether oxygens (including phenoxy) is 7. The number of hydrogen-bond acceptors (Lipinski definition) is 53. The molecule has 135 heavy (non-hydrogen) atoms. The number of nitrogens with zero attached hydrogens (tertiary/aromatic N) is 23. The number of halogens is 3. The molecule has 1 aromatic carbocycles. The molecule has 0 saturated heterocycles. The van der Waals surface area contributed by atoms with Gasteiger partial charge in [0.25, 0.3) is 43.8 Å². The Bertz CT molecular complexity index is 4400. The van der Waals surface area contributed by atoms with Crippen molar-refractivity contribution in [2.75, 3.05) is 199 Å². The Morgan fingerprint density at radius 2 is 0.630 bits per heavy atom. The monoisotopic (exact) mass is 2040 g/mol. The van der Waals surface area contributed by atoms with Crippen LogP contribution < -0.4 is 0 Å². The van der Waals surface area contributed by atoms with Crippen molar-refractivity contribution in [3.8, 4) is 43.8 Å². The predicted molar refractivity (Wildman–Crippen MR) is 486 cm³/mol. The number of carbonyl (C=O) groups excluding carboxylic acids is 16. The number of hydrogen-bond donors (Lipinski definition) is 0. The highest BCUT2D eigenvalue weighted by Crippen LogP contribution is 2.49. The van der Waals surface area contributed by atoms with E-state index in [-0.39, 0.29) is 133 Å². The van der Waals surface area contributed by atoms with Crippen LogP contribution in [0.25, 0.3) is 0 Å². The van der Waals surface area contributed by atoms with Crippen LogP contribution in [0.1, 0.15) is 58.2 Å². The van der Waals surface area contributed by atoms with Crippen LogP contribution in [0.3, 0.4) is 0 Å². The van der Waals surface area contributed by atoms with Crippen molar-refractivity contribution in [1.29, 1.82) is 36.8 Å². The van der Waals surface area contributed by atoms with E-state index in [1.165, 1.54) is 129 Å². The molecule has 730 valence electrons. The molecule has 0 N–H and O–H groups in total. The second-order valence-corrected chi connectivity index (χ2v) is 34.9. The third kappa shape index (κ3) is 89.6. The smallest absolute Gasteiger partial charge is 0.428 e. The molecule has 0 bridgehead atoms. The Hall–Kier alpha value is -13.4. The summed E-state index contributed by atoms with van der Waals surface area (Å²) in [5.41, 5.74) is 1.19. The normalized spacial score (nSPS) is 10.4. The van der Waals surface area contributed by atoms with Crippen molar-refractivity contribution in [2.24, 2.45) is 97.1 Å². The highest BCUT2D eigenvalue weighted by atomic mass is 35.5. The molecule has 1 unspecified atom stereocenters. The van der Waals surface area contributed by atoms with Gasteiger partial charge in [0.05, 0.1) is 118 Å². The number of benzene rings is 1. The maximum Gasteiger partial charge on any atom is 0.475 e. The SMILES string of the molecule is C.C.C.N#COCC(CN=C=O)(CN=C=O)COC#N.N#COCC(CN=C=O)CN=C=O.N#COCC(CN=C=O)N=C=O.N#COCCOP(=O)(OCCN=C=O)OCCN=C=O.N#COCCSCC(CSCCN=C=O)CSCCN=C=O.N#COCC[Si](CCN=C=O)(CCN=C=O)CCN=C=O.O=C=NCCCc1c(Cl)c(CCCN=C=O)c(Cl)c(CCCN=C=O)c1Cl. The minimum atomic E-state index is -3.91. The Morgan fingerprint density at radius 1 is 0.319 bits per heavy atom. The third-order valence-corrected chi connectivity index (χ3v) is 26.4. The molecule has 0 aliphatic heterocycles. The van der Waals surface area contributed by atoms with Gasteiger partial charge in [-0.1, -0.05) is 57.1 Å². The van der Waals surface area contributed by atoms with Gasteiger partial charge in [-0.15, -0.1) is 0 Å². The minimum absolute atomic E-state index is 0. The lowest BCUT2D eigenvalue weighted by Crippen LogP contribution is -2.37. The molecule has 0 heterocycles. The van der Waals surface area contributed by atoms with Gasteiger partial charge in [-0.05, 0) is 103 Å². The standard InChI is InChI=1S/C18H18Cl3N3O3.C13H19N3O3S3.C12H16N4O4Si.C9H8N4O4.C9H12N3O7P.C7H7N3O3.C6H5N3O3.3CH4/c19-16-13(4-1-7-22-10-25)17(20)15(6-3-9-24-12-27)18(21)14(16)5-2-8-23-11-26;14-10-19-3-6-22-9-13(7-20-4-1-15-11-17)8-21-5-2-16-12-18;13-9-20-4-8-21(5-1-14-10-17,6-2-15-11-18)7-3-16-12-19;10-5-16-3-9(1-12-7-14,2-13-8-15)4-17-6-11;10-7-16-5-6-19-20(15,17-3-1-11-8-13)18-4-2-12-9-14;8-4-13-3-7(1-9-5-11)2-10-6-12;7-3-12-2-6(9-5-11)1-8-4-10;;;/h1-9H2;13H,1-9H2;1-8H2;1-4H2;1-6H2;7H,1-3H2;6H,1-2H2;3*1H4. The molecule has 1 aromatic rings. The van der Waals surface area contributed by atoms with Gasteiger partial charge in [0.2, 0.25) is 97.3 Å². The molecule has 0 aliphatic rings. The molecule has 0 fully saturated rings. The fourth-order valence-corrected chi connectivity index (χ4v) is 18.6. The summed E-state index contributed by atoms with van der Waals surface area (Å²) in [5.74, 6) is 5.65. The lowest BCUT2D eigenvalue weighted by molar-refractivity contribution is 0.0634. The summed E-state index contributed by atoms with van der Waals surface area (Å²) < 4.78 is 58.0. The summed E-state index contributed by atoms with van der Waals surface area (Å²) in [4.78, 5) is 214. The first-order chi connectivity index (χ1) is 64.3. The van der Waals surface area contributed by atoms with E-state index in [0.29, 0.717) is 143 Å². The molecule has 1 rings (SSSR count). The zero-order valence-corrected chi connectivity index (χ0v) is 76.9. The summed E-state index contributed by atoms with van der Waals surface area (Å²) in [6.07, 6.45) is 36.2. The third-order valence-electron chi connectivity index (χ3n) is 14.9. The fraction of sp³-hybridized carbons (Fsp3) is 0.623. The van der Waals surface area contributed by atoms with E-state index in [1.807, 2.05) is 0 Å². The maximum absolute atomic E-state index is 12.0. The molecule has 0 aliphatic carbocycles. The van der Waals surface area contributed by atoms with Gasteiger partial charge < -0.3 is 33.2 Å². The average Bonchev–Trinajstić information content (AvgIpc) is 0.784. The fourth-order valence-electron chi connectivity index (χ4n) is 9.08. The molecule has 50 nitrogen and oxygen atoms in total. The molecule has 58 heteroatoms. The Labute approximate surface area is 805 Å². The van der Waals surface area contributed by atoms with Crippen LogP contribution in [0.5, 0.6) is 0 Å². The van der Waals surface area contributed by atoms with E-state index in [9.17, 15) is 81.3 Å². The predicted octanol–water partition coefficient (Wildman–Crippen LogP) is 8.52.